The summed E-state index contributed by atoms with van der Waals surface area (Å²) in [6, 6.07) is 0. The predicted molar refractivity (Wildman–Crippen MR) is 99.6 cm³/mol. The smallest absolute Gasteiger partial charge is 0.139 e. The van der Waals surface area contributed by atoms with E-state index in [9.17, 15) is 9.59 Å². The van der Waals surface area contributed by atoms with Crippen molar-refractivity contribution in [3.63, 3.8) is 0 Å². The number of oxime groups is 1. The third kappa shape index (κ3) is 2.57. The van der Waals surface area contributed by atoms with E-state index < -0.39 is 0 Å². The summed E-state index contributed by atoms with van der Waals surface area (Å²) >= 11 is 0. The van der Waals surface area contributed by atoms with E-state index in [1.54, 1.807) is 0 Å². The molecular weight excluding hydrogens is 328 g/mol. The lowest BCUT2D eigenvalue weighted by atomic mass is 9.45. The van der Waals surface area contributed by atoms with E-state index in [-0.39, 0.29) is 16.7 Å². The second-order valence-corrected chi connectivity index (χ2v) is 9.51. The van der Waals surface area contributed by atoms with Crippen molar-refractivity contribution in [2.45, 2.75) is 65.2 Å². The van der Waals surface area contributed by atoms with Gasteiger partial charge < -0.3 is 10.6 Å². The fourth-order valence-corrected chi connectivity index (χ4v) is 6.89. The van der Waals surface area contributed by atoms with Gasteiger partial charge in [0.15, 0.2) is 0 Å². The van der Waals surface area contributed by atoms with Crippen molar-refractivity contribution in [2.75, 3.05) is 13.2 Å². The largest absolute Gasteiger partial charge is 0.395 e. The summed E-state index contributed by atoms with van der Waals surface area (Å²) < 4.78 is 0. The van der Waals surface area contributed by atoms with Crippen LogP contribution in [0, 0.1) is 34.5 Å². The highest BCUT2D eigenvalue weighted by Gasteiger charge is 2.62. The van der Waals surface area contributed by atoms with Crippen LogP contribution in [0.3, 0.4) is 0 Å². The molecule has 4 aliphatic carbocycles. The second-order valence-electron chi connectivity index (χ2n) is 9.51. The van der Waals surface area contributed by atoms with Gasteiger partial charge >= 0.3 is 0 Å². The maximum atomic E-state index is 13.1. The summed E-state index contributed by atoms with van der Waals surface area (Å²) in [5, 5.41) is 4.25. The quantitative estimate of drug-likeness (QED) is 0.619. The Kier molecular flexibility index (Phi) is 4.49. The zero-order valence-corrected chi connectivity index (χ0v) is 16.1. The highest BCUT2D eigenvalue weighted by Crippen LogP contribution is 2.64. The topological polar surface area (TPSA) is 81.8 Å². The number of fused-ring (bicyclic) bond motifs is 5. The van der Waals surface area contributed by atoms with Crippen molar-refractivity contribution in [1.82, 2.24) is 0 Å². The van der Waals surface area contributed by atoms with Gasteiger partial charge in [0.25, 0.3) is 0 Å². The lowest BCUT2D eigenvalue weighted by Crippen LogP contribution is -2.56. The molecule has 26 heavy (non-hydrogen) atoms. The van der Waals surface area contributed by atoms with E-state index in [1.807, 2.05) is 0 Å². The molecule has 0 amide bonds. The molecule has 144 valence electrons. The predicted octanol–water partition coefficient (Wildman–Crippen LogP) is 3.11. The molecule has 4 fully saturated rings. The van der Waals surface area contributed by atoms with Gasteiger partial charge in [-0.05, 0) is 61.7 Å². The molecule has 0 aromatic rings. The van der Waals surface area contributed by atoms with Gasteiger partial charge in [-0.25, -0.2) is 0 Å². The van der Waals surface area contributed by atoms with Crippen molar-refractivity contribution in [2.24, 2.45) is 45.4 Å². The van der Waals surface area contributed by atoms with Crippen molar-refractivity contribution in [3.8, 4) is 0 Å². The molecule has 0 heterocycles. The number of nitrogens with zero attached hydrogens (tertiary/aromatic N) is 1. The van der Waals surface area contributed by atoms with Crippen LogP contribution in [0.4, 0.5) is 0 Å². The summed E-state index contributed by atoms with van der Waals surface area (Å²) in [6.07, 6.45) is 7.13. The first-order chi connectivity index (χ1) is 12.4. The van der Waals surface area contributed by atoms with E-state index in [1.165, 1.54) is 0 Å². The van der Waals surface area contributed by atoms with Crippen LogP contribution >= 0.6 is 0 Å². The molecule has 0 saturated heterocycles. The van der Waals surface area contributed by atoms with Crippen LogP contribution < -0.4 is 5.73 Å². The van der Waals surface area contributed by atoms with E-state index in [0.29, 0.717) is 55.3 Å². The van der Waals surface area contributed by atoms with Crippen LogP contribution in [0.5, 0.6) is 0 Å². The molecule has 0 bridgehead atoms. The highest BCUT2D eigenvalue weighted by atomic mass is 16.6. The third-order valence-electron chi connectivity index (χ3n) is 8.41. The highest BCUT2D eigenvalue weighted by molar-refractivity contribution is 5.93. The number of Topliss-reactive ketones (excluding diaryl/α,β-unsaturated/α-hetero) is 2. The Bertz CT molecular complexity index is 645. The maximum absolute atomic E-state index is 13.1. The van der Waals surface area contributed by atoms with E-state index in [2.05, 4.69) is 19.0 Å². The van der Waals surface area contributed by atoms with Gasteiger partial charge in [-0.1, -0.05) is 19.0 Å². The minimum absolute atomic E-state index is 0.0554. The number of rotatable bonds is 3. The Morgan fingerprint density at radius 1 is 1.12 bits per heavy atom. The zero-order valence-electron chi connectivity index (χ0n) is 16.1. The van der Waals surface area contributed by atoms with Crippen LogP contribution in [0.2, 0.25) is 0 Å². The molecule has 0 aromatic heterocycles. The minimum Gasteiger partial charge on any atom is -0.395 e. The van der Waals surface area contributed by atoms with Crippen molar-refractivity contribution in [1.29, 1.82) is 0 Å². The first-order valence-corrected chi connectivity index (χ1v) is 10.3. The van der Waals surface area contributed by atoms with Crippen LogP contribution in [0.25, 0.3) is 0 Å². The van der Waals surface area contributed by atoms with Gasteiger partial charge in [0, 0.05) is 30.7 Å². The summed E-state index contributed by atoms with van der Waals surface area (Å²) in [7, 11) is 0. The molecule has 0 aliphatic heterocycles. The van der Waals surface area contributed by atoms with Crippen molar-refractivity contribution in [3.05, 3.63) is 0 Å². The van der Waals surface area contributed by atoms with E-state index in [4.69, 9.17) is 10.6 Å². The fraction of sp³-hybridized carbons (Fsp3) is 0.857. The molecule has 2 N–H and O–H groups in total. The summed E-state index contributed by atoms with van der Waals surface area (Å²) in [4.78, 5) is 30.9. The van der Waals surface area contributed by atoms with Crippen LogP contribution in [0.15, 0.2) is 5.16 Å². The Morgan fingerprint density at radius 2 is 1.92 bits per heavy atom. The first kappa shape index (κ1) is 18.1. The molecule has 5 heteroatoms. The number of carbonyl (C=O) groups is 2. The lowest BCUT2D eigenvalue weighted by Gasteiger charge is -2.58. The average Bonchev–Trinajstić information content (AvgIpc) is 2.92. The number of nitrogens with two attached hydrogens (primary N) is 1. The van der Waals surface area contributed by atoms with Gasteiger partial charge in [-0.15, -0.1) is 0 Å². The zero-order chi connectivity index (χ0) is 18.5. The molecule has 0 aromatic carbocycles. The normalized spacial score (nSPS) is 46.7. The third-order valence-corrected chi connectivity index (χ3v) is 8.41. The summed E-state index contributed by atoms with van der Waals surface area (Å²) in [5.74, 6) is 2.29. The first-order valence-electron chi connectivity index (χ1n) is 10.3. The summed E-state index contributed by atoms with van der Waals surface area (Å²) in [6.45, 7) is 5.39. The minimum atomic E-state index is -0.165. The van der Waals surface area contributed by atoms with Gasteiger partial charge in [0.05, 0.1) is 5.71 Å². The number of hydrogen-bond acceptors (Lipinski definition) is 5. The van der Waals surface area contributed by atoms with E-state index in [0.717, 1.165) is 44.2 Å². The molecule has 0 radical (unpaired) electrons. The standard InChI is InChI=1S/C21H32N2O3/c1-20-7-5-13(23-26-10-9-22)11-17(20)18(24)12-14-15-3-4-19(25)21(15,2)8-6-16(14)20/h14-17H,3-12,22H2,1-2H3/b23-13+/t14-,15-,16+,17?,20+,21-/m0/s1. The SMILES string of the molecule is C[C@]12CC/C(=N\OCCN)CC1C(=O)C[C@@H]1[C@H]2CC[C@]2(C)C(=O)CC[C@@H]12. The Morgan fingerprint density at radius 3 is 2.69 bits per heavy atom. The van der Waals surface area contributed by atoms with Gasteiger partial charge in [0.1, 0.15) is 18.2 Å². The lowest BCUT2D eigenvalue weighted by molar-refractivity contribution is -0.152. The number of carbonyl (C=O) groups excluding carboxylic acids is 2. The Hall–Kier alpha value is -1.23. The number of hydrogen-bond donors (Lipinski definition) is 1. The second kappa shape index (κ2) is 6.43. The van der Waals surface area contributed by atoms with Crippen LogP contribution in [-0.4, -0.2) is 30.4 Å². The van der Waals surface area contributed by atoms with E-state index >= 15 is 0 Å². The molecule has 4 rings (SSSR count). The summed E-state index contributed by atoms with van der Waals surface area (Å²) in [5.41, 5.74) is 6.37. The van der Waals surface area contributed by atoms with Gasteiger partial charge in [0.2, 0.25) is 0 Å². The fourth-order valence-electron chi connectivity index (χ4n) is 6.89. The van der Waals surface area contributed by atoms with Crippen LogP contribution in [0.1, 0.15) is 65.2 Å². The van der Waals surface area contributed by atoms with Gasteiger partial charge in [-0.3, -0.25) is 9.59 Å². The average molecular weight is 360 g/mol. The van der Waals surface area contributed by atoms with Crippen molar-refractivity contribution >= 4 is 17.3 Å². The number of ketones is 2. The molecule has 0 spiro atoms. The van der Waals surface area contributed by atoms with Crippen LogP contribution in [-0.2, 0) is 14.4 Å². The molecule has 4 saturated carbocycles. The Labute approximate surface area is 156 Å². The molecule has 5 nitrogen and oxygen atoms in total. The molecule has 1 unspecified atom stereocenters. The molecule has 4 aliphatic rings. The van der Waals surface area contributed by atoms with Gasteiger partial charge in [-0.2, -0.15) is 0 Å². The monoisotopic (exact) mass is 360 g/mol. The Balaban J connectivity index is 1.57. The maximum Gasteiger partial charge on any atom is 0.139 e. The molecular formula is C21H32N2O3. The molecule has 6 atom stereocenters. The van der Waals surface area contributed by atoms with Crippen molar-refractivity contribution < 1.29 is 14.4 Å².